The van der Waals surface area contributed by atoms with Crippen LogP contribution in [0.3, 0.4) is 0 Å². The van der Waals surface area contributed by atoms with E-state index in [2.05, 4.69) is 15.9 Å². The zero-order valence-electron chi connectivity index (χ0n) is 10.7. The highest BCUT2D eigenvalue weighted by atomic mass is 79.9. The Balaban J connectivity index is 2.07. The fourth-order valence-electron chi connectivity index (χ4n) is 2.18. The summed E-state index contributed by atoms with van der Waals surface area (Å²) in [5, 5.41) is -0.444. The first-order valence-electron chi connectivity index (χ1n) is 6.25. The second-order valence-corrected chi connectivity index (χ2v) is 6.21. The molecular formula is C15H10BrCl2FO2. The number of hydrogen-bond acceptors (Lipinski definition) is 2. The zero-order valence-corrected chi connectivity index (χ0v) is 13.8. The largest absolute Gasteiger partial charge is 0.486 e. The van der Waals surface area contributed by atoms with Crippen LogP contribution < -0.4 is 9.47 Å². The Morgan fingerprint density at radius 2 is 1.81 bits per heavy atom. The Bertz CT molecular complexity index is 673. The molecule has 0 fully saturated rings. The van der Waals surface area contributed by atoms with E-state index in [1.807, 2.05) is 0 Å². The molecule has 1 atom stereocenters. The third kappa shape index (κ3) is 2.85. The molecule has 0 amide bonds. The van der Waals surface area contributed by atoms with Crippen molar-refractivity contribution in [1.29, 1.82) is 0 Å². The maximum atomic E-state index is 14.0. The fraction of sp³-hybridized carbons (Fsp3) is 0.200. The summed E-state index contributed by atoms with van der Waals surface area (Å²) in [6, 6.07) is 8.01. The molecule has 1 unspecified atom stereocenters. The van der Waals surface area contributed by atoms with Crippen LogP contribution in [0.4, 0.5) is 4.39 Å². The minimum Gasteiger partial charge on any atom is -0.486 e. The van der Waals surface area contributed by atoms with Crippen LogP contribution in [0, 0.1) is 5.82 Å². The smallest absolute Gasteiger partial charge is 0.162 e. The van der Waals surface area contributed by atoms with Gasteiger partial charge < -0.3 is 9.47 Å². The SMILES string of the molecule is Fc1cccc(Cl)c1C(Cl)c1cc2c(cc1Br)OCCO2. The van der Waals surface area contributed by atoms with Gasteiger partial charge >= 0.3 is 0 Å². The van der Waals surface area contributed by atoms with Crippen molar-refractivity contribution in [3.8, 4) is 11.5 Å². The first-order chi connectivity index (χ1) is 10.1. The molecule has 0 aliphatic carbocycles. The van der Waals surface area contributed by atoms with Gasteiger partial charge in [-0.3, -0.25) is 0 Å². The molecule has 2 aromatic carbocycles. The van der Waals surface area contributed by atoms with Crippen LogP contribution in [0.1, 0.15) is 16.5 Å². The van der Waals surface area contributed by atoms with Crippen LogP contribution >= 0.6 is 39.1 Å². The summed E-state index contributed by atoms with van der Waals surface area (Å²) in [4.78, 5) is 0. The lowest BCUT2D eigenvalue weighted by Gasteiger charge is -2.22. The van der Waals surface area contributed by atoms with E-state index in [1.54, 1.807) is 24.3 Å². The second kappa shape index (κ2) is 6.03. The van der Waals surface area contributed by atoms with Gasteiger partial charge in [-0.1, -0.05) is 33.6 Å². The summed E-state index contributed by atoms with van der Waals surface area (Å²) in [6.07, 6.45) is 0. The van der Waals surface area contributed by atoms with E-state index in [1.165, 1.54) is 6.07 Å². The molecule has 0 aromatic heterocycles. The van der Waals surface area contributed by atoms with Crippen molar-refractivity contribution < 1.29 is 13.9 Å². The third-order valence-corrected chi connectivity index (χ3v) is 4.66. The fourth-order valence-corrected chi connectivity index (χ4v) is 3.60. The average molecular weight is 392 g/mol. The van der Waals surface area contributed by atoms with E-state index in [4.69, 9.17) is 32.7 Å². The molecule has 3 rings (SSSR count). The van der Waals surface area contributed by atoms with Crippen LogP contribution in [0.15, 0.2) is 34.8 Å². The minimum absolute atomic E-state index is 0.248. The van der Waals surface area contributed by atoms with Crippen molar-refractivity contribution in [2.75, 3.05) is 13.2 Å². The Labute approximate surface area is 139 Å². The van der Waals surface area contributed by atoms with Crippen molar-refractivity contribution in [1.82, 2.24) is 0 Å². The molecular weight excluding hydrogens is 382 g/mol. The monoisotopic (exact) mass is 390 g/mol. The molecule has 2 aromatic rings. The standard InChI is InChI=1S/C15H10BrCl2FO2/c16-9-7-13-12(20-4-5-21-13)6-8(9)15(18)14-10(17)2-1-3-11(14)19/h1-3,6-7,15H,4-5H2. The van der Waals surface area contributed by atoms with Gasteiger partial charge in [0.15, 0.2) is 11.5 Å². The Morgan fingerprint density at radius 1 is 1.14 bits per heavy atom. The average Bonchev–Trinajstić information content (AvgIpc) is 2.46. The molecule has 110 valence electrons. The van der Waals surface area contributed by atoms with Gasteiger partial charge in [-0.15, -0.1) is 11.6 Å². The van der Waals surface area contributed by atoms with Crippen LogP contribution in [0.2, 0.25) is 5.02 Å². The van der Waals surface area contributed by atoms with Gasteiger partial charge in [-0.2, -0.15) is 0 Å². The molecule has 0 saturated carbocycles. The second-order valence-electron chi connectivity index (χ2n) is 4.52. The number of ether oxygens (including phenoxy) is 2. The molecule has 1 aliphatic rings. The van der Waals surface area contributed by atoms with E-state index in [9.17, 15) is 4.39 Å². The Kier molecular flexibility index (Phi) is 4.29. The summed E-state index contributed by atoms with van der Waals surface area (Å²) < 4.78 is 25.8. The summed E-state index contributed by atoms with van der Waals surface area (Å²) in [6.45, 7) is 0.976. The minimum atomic E-state index is -0.732. The lowest BCUT2D eigenvalue weighted by atomic mass is 10.0. The molecule has 0 spiro atoms. The molecule has 0 bridgehead atoms. The summed E-state index contributed by atoms with van der Waals surface area (Å²) >= 11 is 16.0. The lowest BCUT2D eigenvalue weighted by Crippen LogP contribution is -2.15. The highest BCUT2D eigenvalue weighted by Gasteiger charge is 2.24. The van der Waals surface area contributed by atoms with E-state index < -0.39 is 11.2 Å². The van der Waals surface area contributed by atoms with E-state index in [0.717, 1.165) is 0 Å². The molecule has 6 heteroatoms. The summed E-state index contributed by atoms with van der Waals surface area (Å²) in [5.74, 6) is 0.794. The number of benzene rings is 2. The van der Waals surface area contributed by atoms with Gasteiger partial charge in [-0.25, -0.2) is 4.39 Å². The number of rotatable bonds is 2. The molecule has 0 N–H and O–H groups in total. The quantitative estimate of drug-likeness (QED) is 0.643. The number of halogens is 4. The van der Waals surface area contributed by atoms with E-state index in [-0.39, 0.29) is 10.6 Å². The topological polar surface area (TPSA) is 18.5 Å². The Morgan fingerprint density at radius 3 is 2.48 bits per heavy atom. The molecule has 21 heavy (non-hydrogen) atoms. The third-order valence-electron chi connectivity index (χ3n) is 3.19. The summed E-state index contributed by atoms with van der Waals surface area (Å²) in [7, 11) is 0. The van der Waals surface area contributed by atoms with Crippen LogP contribution in [-0.4, -0.2) is 13.2 Å². The number of alkyl halides is 1. The first-order valence-corrected chi connectivity index (χ1v) is 7.85. The Hall–Kier alpha value is -0.970. The predicted molar refractivity (Wildman–Crippen MR) is 84.2 cm³/mol. The van der Waals surface area contributed by atoms with Gasteiger partial charge in [0.2, 0.25) is 0 Å². The number of fused-ring (bicyclic) bond motifs is 1. The summed E-state index contributed by atoms with van der Waals surface area (Å²) in [5.41, 5.74) is 0.922. The van der Waals surface area contributed by atoms with E-state index >= 15 is 0 Å². The van der Waals surface area contributed by atoms with Crippen molar-refractivity contribution in [3.05, 3.63) is 56.8 Å². The highest BCUT2D eigenvalue weighted by Crippen LogP contribution is 2.43. The molecule has 2 nitrogen and oxygen atoms in total. The van der Waals surface area contributed by atoms with Gasteiger partial charge in [0.25, 0.3) is 0 Å². The van der Waals surface area contributed by atoms with Gasteiger partial charge in [0.05, 0.1) is 5.38 Å². The van der Waals surface area contributed by atoms with Crippen molar-refractivity contribution in [3.63, 3.8) is 0 Å². The van der Waals surface area contributed by atoms with Gasteiger partial charge in [0.1, 0.15) is 19.0 Å². The molecule has 1 heterocycles. The predicted octanol–water partition coefficient (Wildman–Crippen LogP) is 5.34. The molecule has 0 saturated heterocycles. The normalized spacial score (nSPS) is 14.9. The van der Waals surface area contributed by atoms with Crippen LogP contribution in [0.25, 0.3) is 0 Å². The molecule has 0 radical (unpaired) electrons. The number of hydrogen-bond donors (Lipinski definition) is 0. The van der Waals surface area contributed by atoms with Crippen molar-refractivity contribution >= 4 is 39.1 Å². The van der Waals surface area contributed by atoms with Crippen LogP contribution in [-0.2, 0) is 0 Å². The van der Waals surface area contributed by atoms with Crippen LogP contribution in [0.5, 0.6) is 11.5 Å². The van der Waals surface area contributed by atoms with Gasteiger partial charge in [0, 0.05) is 15.1 Å². The van der Waals surface area contributed by atoms with Gasteiger partial charge in [-0.05, 0) is 29.8 Å². The maximum absolute atomic E-state index is 14.0. The highest BCUT2D eigenvalue weighted by molar-refractivity contribution is 9.10. The van der Waals surface area contributed by atoms with E-state index in [0.29, 0.717) is 34.7 Å². The molecule has 1 aliphatic heterocycles. The lowest BCUT2D eigenvalue weighted by molar-refractivity contribution is 0.171. The zero-order chi connectivity index (χ0) is 15.0. The maximum Gasteiger partial charge on any atom is 0.162 e. The first kappa shape index (κ1) is 14.9. The van der Waals surface area contributed by atoms with Crippen molar-refractivity contribution in [2.45, 2.75) is 5.38 Å². The van der Waals surface area contributed by atoms with Crippen molar-refractivity contribution in [2.24, 2.45) is 0 Å².